The van der Waals surface area contributed by atoms with Crippen molar-refractivity contribution in [1.29, 1.82) is 0 Å². The summed E-state index contributed by atoms with van der Waals surface area (Å²) in [4.78, 5) is 16.5. The molecule has 2 aromatic heterocycles. The highest BCUT2D eigenvalue weighted by atomic mass is 32.1. The first kappa shape index (κ1) is 15.4. The summed E-state index contributed by atoms with van der Waals surface area (Å²) in [6.45, 7) is 4.30. The number of esters is 1. The maximum absolute atomic E-state index is 12.1. The van der Waals surface area contributed by atoms with Crippen LogP contribution in [0.2, 0.25) is 0 Å². The van der Waals surface area contributed by atoms with E-state index < -0.39 is 5.97 Å². The third-order valence-electron chi connectivity index (χ3n) is 3.45. The van der Waals surface area contributed by atoms with Crippen molar-refractivity contribution in [3.8, 4) is 10.6 Å². The summed E-state index contributed by atoms with van der Waals surface area (Å²) in [7, 11) is 1.82. The molecule has 0 atom stereocenters. The molecule has 23 heavy (non-hydrogen) atoms. The largest absolute Gasteiger partial charge is 0.456 e. The molecule has 5 nitrogen and oxygen atoms in total. The van der Waals surface area contributed by atoms with Crippen LogP contribution >= 0.6 is 11.3 Å². The molecule has 0 saturated heterocycles. The lowest BCUT2D eigenvalue weighted by atomic mass is 10.1. The van der Waals surface area contributed by atoms with Crippen molar-refractivity contribution < 1.29 is 9.53 Å². The lowest BCUT2D eigenvalue weighted by Crippen LogP contribution is -2.05. The molecule has 0 unspecified atom stereocenters. The fraction of sp³-hybridized carbons (Fsp3) is 0.235. The van der Waals surface area contributed by atoms with Crippen LogP contribution in [0.3, 0.4) is 0 Å². The van der Waals surface area contributed by atoms with E-state index in [2.05, 4.69) is 23.1 Å². The number of ether oxygens (including phenoxy) is 1. The predicted molar refractivity (Wildman–Crippen MR) is 89.4 cm³/mol. The molecule has 118 valence electrons. The molecule has 0 bridgehead atoms. The van der Waals surface area contributed by atoms with E-state index in [-0.39, 0.29) is 6.61 Å². The summed E-state index contributed by atoms with van der Waals surface area (Å²) in [5.74, 6) is -0.416. The molecule has 0 spiro atoms. The van der Waals surface area contributed by atoms with Gasteiger partial charge >= 0.3 is 5.97 Å². The molecule has 3 rings (SSSR count). The highest BCUT2D eigenvalue weighted by Gasteiger charge is 2.14. The number of hydrogen-bond donors (Lipinski definition) is 0. The third-order valence-corrected chi connectivity index (χ3v) is 4.33. The summed E-state index contributed by atoms with van der Waals surface area (Å²) in [6.07, 6.45) is 3.49. The standard InChI is InChI=1S/C17H17N3O2S/c1-11-4-5-14(12(2)6-11)16-19-15(10-23-16)17(21)22-9-13-7-18-20(3)8-13/h4-8,10H,9H2,1-3H3. The van der Waals surface area contributed by atoms with Gasteiger partial charge in [-0.25, -0.2) is 9.78 Å². The van der Waals surface area contributed by atoms with Crippen molar-refractivity contribution in [2.24, 2.45) is 7.05 Å². The maximum atomic E-state index is 12.1. The van der Waals surface area contributed by atoms with Gasteiger partial charge in [-0.2, -0.15) is 5.10 Å². The Morgan fingerprint density at radius 3 is 2.87 bits per heavy atom. The smallest absolute Gasteiger partial charge is 0.358 e. The van der Waals surface area contributed by atoms with Crippen LogP contribution in [0.1, 0.15) is 27.2 Å². The fourth-order valence-corrected chi connectivity index (χ4v) is 3.19. The van der Waals surface area contributed by atoms with E-state index in [9.17, 15) is 4.79 Å². The fourth-order valence-electron chi connectivity index (χ4n) is 2.31. The van der Waals surface area contributed by atoms with Crippen LogP contribution in [-0.2, 0) is 18.4 Å². The van der Waals surface area contributed by atoms with Crippen molar-refractivity contribution in [1.82, 2.24) is 14.8 Å². The number of benzene rings is 1. The van der Waals surface area contributed by atoms with Crippen molar-refractivity contribution in [2.45, 2.75) is 20.5 Å². The molecule has 2 heterocycles. The predicted octanol–water partition coefficient (Wildman–Crippen LogP) is 3.52. The van der Waals surface area contributed by atoms with Gasteiger partial charge in [-0.15, -0.1) is 11.3 Å². The Hall–Kier alpha value is -2.47. The van der Waals surface area contributed by atoms with E-state index in [1.807, 2.05) is 32.3 Å². The van der Waals surface area contributed by atoms with Gasteiger partial charge in [0.2, 0.25) is 0 Å². The third kappa shape index (κ3) is 3.48. The molecule has 0 amide bonds. The molecule has 0 aliphatic carbocycles. The first-order valence-electron chi connectivity index (χ1n) is 7.21. The van der Waals surface area contributed by atoms with Gasteiger partial charge in [0, 0.05) is 29.8 Å². The van der Waals surface area contributed by atoms with Crippen LogP contribution in [0, 0.1) is 13.8 Å². The van der Waals surface area contributed by atoms with Crippen LogP contribution in [0.4, 0.5) is 0 Å². The molecule has 3 aromatic rings. The molecule has 0 fully saturated rings. The summed E-state index contributed by atoms with van der Waals surface area (Å²) >= 11 is 1.45. The van der Waals surface area contributed by atoms with E-state index in [4.69, 9.17) is 4.74 Å². The Morgan fingerprint density at radius 1 is 1.35 bits per heavy atom. The number of carbonyl (C=O) groups excluding carboxylic acids is 1. The summed E-state index contributed by atoms with van der Waals surface area (Å²) < 4.78 is 6.95. The summed E-state index contributed by atoms with van der Waals surface area (Å²) in [6, 6.07) is 6.19. The minimum Gasteiger partial charge on any atom is -0.456 e. The van der Waals surface area contributed by atoms with Gasteiger partial charge in [0.1, 0.15) is 11.6 Å². The zero-order valence-corrected chi connectivity index (χ0v) is 14.1. The Bertz CT molecular complexity index is 851. The van der Waals surface area contributed by atoms with Crippen molar-refractivity contribution in [3.05, 3.63) is 58.4 Å². The average Bonchev–Trinajstić information content (AvgIpc) is 3.14. The van der Waals surface area contributed by atoms with Gasteiger partial charge in [-0.1, -0.05) is 23.8 Å². The lowest BCUT2D eigenvalue weighted by Gasteiger charge is -2.03. The van der Waals surface area contributed by atoms with Crippen molar-refractivity contribution >= 4 is 17.3 Å². The molecule has 6 heteroatoms. The molecule has 0 aliphatic heterocycles. The van der Waals surface area contributed by atoms with Crippen LogP contribution in [0.25, 0.3) is 10.6 Å². The van der Waals surface area contributed by atoms with Gasteiger partial charge in [0.05, 0.1) is 6.20 Å². The van der Waals surface area contributed by atoms with Crippen molar-refractivity contribution in [2.75, 3.05) is 0 Å². The van der Waals surface area contributed by atoms with Crippen LogP contribution < -0.4 is 0 Å². The van der Waals surface area contributed by atoms with E-state index in [0.717, 1.165) is 21.7 Å². The van der Waals surface area contributed by atoms with E-state index >= 15 is 0 Å². The second-order valence-electron chi connectivity index (χ2n) is 5.45. The number of aromatic nitrogens is 3. The molecule has 0 radical (unpaired) electrons. The number of nitrogens with zero attached hydrogens (tertiary/aromatic N) is 3. The molecular weight excluding hydrogens is 310 g/mol. The highest BCUT2D eigenvalue weighted by molar-refractivity contribution is 7.13. The number of hydrogen-bond acceptors (Lipinski definition) is 5. The van der Waals surface area contributed by atoms with Gasteiger partial charge in [0.15, 0.2) is 5.69 Å². The van der Waals surface area contributed by atoms with Gasteiger partial charge in [-0.3, -0.25) is 4.68 Å². The van der Waals surface area contributed by atoms with Crippen LogP contribution in [0.15, 0.2) is 36.0 Å². The zero-order valence-electron chi connectivity index (χ0n) is 13.2. The van der Waals surface area contributed by atoms with E-state index in [0.29, 0.717) is 5.69 Å². The molecule has 1 aromatic carbocycles. The van der Waals surface area contributed by atoms with Crippen LogP contribution in [0.5, 0.6) is 0 Å². The minimum absolute atomic E-state index is 0.198. The molecule has 0 N–H and O–H groups in total. The van der Waals surface area contributed by atoms with E-state index in [1.165, 1.54) is 16.9 Å². The Balaban J connectivity index is 1.72. The van der Waals surface area contributed by atoms with Crippen molar-refractivity contribution in [3.63, 3.8) is 0 Å². The first-order chi connectivity index (χ1) is 11.0. The summed E-state index contributed by atoms with van der Waals surface area (Å²) in [5, 5.41) is 6.61. The second-order valence-corrected chi connectivity index (χ2v) is 6.31. The Labute approximate surface area is 138 Å². The number of aryl methyl sites for hydroxylation is 3. The average molecular weight is 327 g/mol. The molecule has 0 aliphatic rings. The number of carbonyl (C=O) groups is 1. The summed E-state index contributed by atoms with van der Waals surface area (Å²) in [5.41, 5.74) is 4.60. The molecular formula is C17H17N3O2S. The monoisotopic (exact) mass is 327 g/mol. The maximum Gasteiger partial charge on any atom is 0.358 e. The lowest BCUT2D eigenvalue weighted by molar-refractivity contribution is 0.0466. The number of thiazole rings is 1. The normalized spacial score (nSPS) is 10.7. The minimum atomic E-state index is -0.416. The highest BCUT2D eigenvalue weighted by Crippen LogP contribution is 2.27. The Morgan fingerprint density at radius 2 is 2.17 bits per heavy atom. The van der Waals surface area contributed by atoms with Gasteiger partial charge in [0.25, 0.3) is 0 Å². The van der Waals surface area contributed by atoms with Gasteiger partial charge in [-0.05, 0) is 19.4 Å². The van der Waals surface area contributed by atoms with Crippen LogP contribution in [-0.4, -0.2) is 20.7 Å². The quantitative estimate of drug-likeness (QED) is 0.688. The molecule has 0 saturated carbocycles. The van der Waals surface area contributed by atoms with E-state index in [1.54, 1.807) is 16.3 Å². The van der Waals surface area contributed by atoms with Gasteiger partial charge < -0.3 is 4.74 Å². The topological polar surface area (TPSA) is 57.0 Å². The number of rotatable bonds is 4. The first-order valence-corrected chi connectivity index (χ1v) is 8.08. The zero-order chi connectivity index (χ0) is 16.4. The Kier molecular flexibility index (Phi) is 4.25. The second kappa shape index (κ2) is 6.34. The SMILES string of the molecule is Cc1ccc(-c2nc(C(=O)OCc3cnn(C)c3)cs2)c(C)c1.